The molecule has 18 heavy (non-hydrogen) atoms. The van der Waals surface area contributed by atoms with Crippen molar-refractivity contribution >= 4 is 23.2 Å². The van der Waals surface area contributed by atoms with Gasteiger partial charge in [0, 0.05) is 25.4 Å². The fourth-order valence-corrected chi connectivity index (χ4v) is 2.25. The summed E-state index contributed by atoms with van der Waals surface area (Å²) in [5.74, 6) is -0.0790. The highest BCUT2D eigenvalue weighted by Gasteiger charge is 2.22. The van der Waals surface area contributed by atoms with Gasteiger partial charge in [0.1, 0.15) is 0 Å². The first-order valence-electron chi connectivity index (χ1n) is 6.04. The Morgan fingerprint density at radius 2 is 2.33 bits per heavy atom. The first-order valence-corrected chi connectivity index (χ1v) is 6.41. The van der Waals surface area contributed by atoms with Gasteiger partial charge in [-0.15, -0.1) is 0 Å². The molecule has 0 radical (unpaired) electrons. The Hall–Kier alpha value is -1.26. The van der Waals surface area contributed by atoms with Gasteiger partial charge in [0.05, 0.1) is 16.7 Å². The number of carbonyl (C=O) groups excluding carboxylic acids is 1. The quantitative estimate of drug-likeness (QED) is 0.794. The maximum absolute atomic E-state index is 12.4. The third kappa shape index (κ3) is 2.94. The van der Waals surface area contributed by atoms with E-state index in [0.29, 0.717) is 36.0 Å². The van der Waals surface area contributed by atoms with E-state index in [4.69, 9.17) is 22.1 Å². The summed E-state index contributed by atoms with van der Waals surface area (Å²) in [6.45, 7) is 3.93. The Labute approximate surface area is 112 Å². The molecule has 1 aromatic carbocycles. The van der Waals surface area contributed by atoms with Crippen LogP contribution < -0.4 is 5.73 Å². The van der Waals surface area contributed by atoms with Crippen LogP contribution in [0, 0.1) is 0 Å². The molecule has 0 aliphatic carbocycles. The van der Waals surface area contributed by atoms with Crippen molar-refractivity contribution in [2.75, 3.05) is 25.4 Å². The number of benzene rings is 1. The van der Waals surface area contributed by atoms with E-state index < -0.39 is 0 Å². The topological polar surface area (TPSA) is 55.6 Å². The van der Waals surface area contributed by atoms with E-state index in [9.17, 15) is 4.79 Å². The van der Waals surface area contributed by atoms with E-state index in [0.717, 1.165) is 6.42 Å². The molecule has 1 aliphatic rings. The van der Waals surface area contributed by atoms with E-state index in [1.807, 2.05) is 6.92 Å². The minimum Gasteiger partial charge on any atom is -0.399 e. The number of halogens is 1. The van der Waals surface area contributed by atoms with Crippen LogP contribution >= 0.6 is 11.6 Å². The molecule has 4 nitrogen and oxygen atoms in total. The Morgan fingerprint density at radius 1 is 1.56 bits per heavy atom. The smallest absolute Gasteiger partial charge is 0.255 e. The number of nitrogens with zero attached hydrogens (tertiary/aromatic N) is 1. The van der Waals surface area contributed by atoms with E-state index in [1.54, 1.807) is 23.1 Å². The van der Waals surface area contributed by atoms with Gasteiger partial charge in [-0.2, -0.15) is 0 Å². The normalized spacial score (nSPS) is 20.6. The Balaban J connectivity index is 2.21. The van der Waals surface area contributed by atoms with Crippen molar-refractivity contribution in [3.05, 3.63) is 28.8 Å². The minimum absolute atomic E-state index is 0.0521. The number of hydrogen-bond acceptors (Lipinski definition) is 3. The predicted molar refractivity (Wildman–Crippen MR) is 71.8 cm³/mol. The molecule has 1 aliphatic heterocycles. The number of nitrogen functional groups attached to an aromatic ring is 1. The Morgan fingerprint density at radius 3 is 3.11 bits per heavy atom. The summed E-state index contributed by atoms with van der Waals surface area (Å²) in [5.41, 5.74) is 6.71. The predicted octanol–water partition coefficient (Wildman–Crippen LogP) is 2.17. The molecule has 1 heterocycles. The van der Waals surface area contributed by atoms with Gasteiger partial charge >= 0.3 is 0 Å². The van der Waals surface area contributed by atoms with Gasteiger partial charge in [0.25, 0.3) is 5.91 Å². The van der Waals surface area contributed by atoms with Crippen LogP contribution in [0.25, 0.3) is 0 Å². The van der Waals surface area contributed by atoms with Crippen LogP contribution in [0.2, 0.25) is 5.02 Å². The van der Waals surface area contributed by atoms with Crippen LogP contribution in [0.4, 0.5) is 5.69 Å². The molecule has 1 fully saturated rings. The van der Waals surface area contributed by atoms with E-state index in [2.05, 4.69) is 0 Å². The SMILES string of the molecule is CC1CN(C(=O)c2cc(N)ccc2Cl)CCCO1. The zero-order valence-corrected chi connectivity index (χ0v) is 11.1. The van der Waals surface area contributed by atoms with Gasteiger partial charge in [-0.1, -0.05) is 11.6 Å². The van der Waals surface area contributed by atoms with Crippen LogP contribution in [-0.2, 0) is 4.74 Å². The number of rotatable bonds is 1. The molecule has 1 aromatic rings. The zero-order chi connectivity index (χ0) is 13.1. The lowest BCUT2D eigenvalue weighted by Crippen LogP contribution is -2.36. The summed E-state index contributed by atoms with van der Waals surface area (Å²) in [4.78, 5) is 14.2. The first-order chi connectivity index (χ1) is 8.58. The average molecular weight is 269 g/mol. The maximum atomic E-state index is 12.4. The van der Waals surface area contributed by atoms with Crippen molar-refractivity contribution in [2.24, 2.45) is 0 Å². The highest BCUT2D eigenvalue weighted by molar-refractivity contribution is 6.34. The zero-order valence-electron chi connectivity index (χ0n) is 10.4. The van der Waals surface area contributed by atoms with E-state index in [1.165, 1.54) is 0 Å². The van der Waals surface area contributed by atoms with Crippen LogP contribution in [0.1, 0.15) is 23.7 Å². The summed E-state index contributed by atoms with van der Waals surface area (Å²) >= 11 is 6.05. The van der Waals surface area contributed by atoms with Gasteiger partial charge in [-0.25, -0.2) is 0 Å². The van der Waals surface area contributed by atoms with Crippen LogP contribution in [-0.4, -0.2) is 36.6 Å². The molecule has 2 N–H and O–H groups in total. The largest absolute Gasteiger partial charge is 0.399 e. The average Bonchev–Trinajstić information content (AvgIpc) is 2.56. The third-order valence-corrected chi connectivity index (χ3v) is 3.29. The fraction of sp³-hybridized carbons (Fsp3) is 0.462. The van der Waals surface area contributed by atoms with Crippen molar-refractivity contribution in [1.82, 2.24) is 4.90 Å². The van der Waals surface area contributed by atoms with Crippen LogP contribution in [0.15, 0.2) is 18.2 Å². The number of nitrogens with two attached hydrogens (primary N) is 1. The second-order valence-electron chi connectivity index (χ2n) is 4.53. The molecule has 2 rings (SSSR count). The molecule has 1 amide bonds. The maximum Gasteiger partial charge on any atom is 0.255 e. The van der Waals surface area contributed by atoms with Crippen molar-refractivity contribution in [3.63, 3.8) is 0 Å². The fourth-order valence-electron chi connectivity index (χ4n) is 2.06. The van der Waals surface area contributed by atoms with Gasteiger partial charge in [0.2, 0.25) is 0 Å². The molecule has 1 unspecified atom stereocenters. The molecule has 0 spiro atoms. The first kappa shape index (κ1) is 13.2. The standard InChI is InChI=1S/C13H17ClN2O2/c1-9-8-16(5-2-6-18-9)13(17)11-7-10(15)3-4-12(11)14/h3-4,7,9H,2,5-6,8,15H2,1H3. The molecule has 0 saturated carbocycles. The number of anilines is 1. The van der Waals surface area contributed by atoms with Gasteiger partial charge in [-0.3, -0.25) is 4.79 Å². The number of carbonyl (C=O) groups is 1. The lowest BCUT2D eigenvalue weighted by Gasteiger charge is -2.22. The van der Waals surface area contributed by atoms with Crippen molar-refractivity contribution in [2.45, 2.75) is 19.4 Å². The Kier molecular flexibility index (Phi) is 4.09. The highest BCUT2D eigenvalue weighted by Crippen LogP contribution is 2.21. The monoisotopic (exact) mass is 268 g/mol. The number of ether oxygens (including phenoxy) is 1. The van der Waals surface area contributed by atoms with Crippen LogP contribution in [0.3, 0.4) is 0 Å². The van der Waals surface area contributed by atoms with Crippen LogP contribution in [0.5, 0.6) is 0 Å². The molecular formula is C13H17ClN2O2. The molecule has 1 atom stereocenters. The summed E-state index contributed by atoms with van der Waals surface area (Å²) in [6.07, 6.45) is 0.895. The molecule has 5 heteroatoms. The minimum atomic E-state index is -0.0790. The summed E-state index contributed by atoms with van der Waals surface area (Å²) in [6, 6.07) is 4.97. The molecule has 0 aromatic heterocycles. The second kappa shape index (κ2) is 5.59. The number of hydrogen-bond donors (Lipinski definition) is 1. The summed E-state index contributed by atoms with van der Waals surface area (Å²) < 4.78 is 5.52. The molecule has 1 saturated heterocycles. The van der Waals surface area contributed by atoms with Crippen molar-refractivity contribution in [3.8, 4) is 0 Å². The highest BCUT2D eigenvalue weighted by atomic mass is 35.5. The summed E-state index contributed by atoms with van der Waals surface area (Å²) in [7, 11) is 0. The lowest BCUT2D eigenvalue weighted by molar-refractivity contribution is 0.0563. The van der Waals surface area contributed by atoms with Gasteiger partial charge in [0.15, 0.2) is 0 Å². The third-order valence-electron chi connectivity index (χ3n) is 2.96. The summed E-state index contributed by atoms with van der Waals surface area (Å²) in [5, 5.41) is 0.437. The van der Waals surface area contributed by atoms with Crippen molar-refractivity contribution in [1.29, 1.82) is 0 Å². The van der Waals surface area contributed by atoms with Gasteiger partial charge < -0.3 is 15.4 Å². The second-order valence-corrected chi connectivity index (χ2v) is 4.93. The molecular weight excluding hydrogens is 252 g/mol. The molecule has 98 valence electrons. The van der Waals surface area contributed by atoms with E-state index >= 15 is 0 Å². The number of amides is 1. The lowest BCUT2D eigenvalue weighted by atomic mass is 10.1. The van der Waals surface area contributed by atoms with Crippen molar-refractivity contribution < 1.29 is 9.53 Å². The molecule has 0 bridgehead atoms. The van der Waals surface area contributed by atoms with E-state index in [-0.39, 0.29) is 12.0 Å². The Bertz CT molecular complexity index is 451. The van der Waals surface area contributed by atoms with Gasteiger partial charge in [-0.05, 0) is 31.5 Å².